The molecule has 0 fully saturated rings. The third kappa shape index (κ3) is 4.98. The van der Waals surface area contributed by atoms with E-state index in [4.69, 9.17) is 23.2 Å². The van der Waals surface area contributed by atoms with E-state index in [-0.39, 0.29) is 16.1 Å². The van der Waals surface area contributed by atoms with Crippen LogP contribution >= 0.6 is 39.1 Å². The third-order valence-electron chi connectivity index (χ3n) is 4.47. The zero-order valence-corrected chi connectivity index (χ0v) is 20.0. The van der Waals surface area contributed by atoms with Crippen LogP contribution in [0.1, 0.15) is 16.8 Å². The second kappa shape index (κ2) is 9.21. The van der Waals surface area contributed by atoms with Crippen LogP contribution in [0.3, 0.4) is 0 Å². The summed E-state index contributed by atoms with van der Waals surface area (Å²) in [5, 5.41) is 14.9. The van der Waals surface area contributed by atoms with Gasteiger partial charge < -0.3 is 5.32 Å². The summed E-state index contributed by atoms with van der Waals surface area (Å²) >= 11 is 15.5. The molecule has 10 heteroatoms. The summed E-state index contributed by atoms with van der Waals surface area (Å²) in [6, 6.07) is 8.44. The lowest BCUT2D eigenvalue weighted by molar-refractivity contribution is -0.112. The number of aromatic amines is 1. The lowest BCUT2D eigenvalue weighted by Gasteiger charge is -2.07. The Morgan fingerprint density at radius 2 is 1.81 bits per heavy atom. The van der Waals surface area contributed by atoms with Gasteiger partial charge in [0.1, 0.15) is 0 Å². The second-order valence-electron chi connectivity index (χ2n) is 6.84. The maximum absolute atomic E-state index is 12.9. The largest absolute Gasteiger partial charge is 0.322 e. The van der Waals surface area contributed by atoms with E-state index in [1.807, 2.05) is 13.8 Å². The van der Waals surface area contributed by atoms with Gasteiger partial charge in [0, 0.05) is 10.7 Å². The molecule has 1 amide bonds. The van der Waals surface area contributed by atoms with Crippen molar-refractivity contribution >= 4 is 62.1 Å². The summed E-state index contributed by atoms with van der Waals surface area (Å²) in [6.07, 6.45) is 0. The van der Waals surface area contributed by atoms with Crippen molar-refractivity contribution in [3.8, 4) is 5.69 Å². The fraction of sp³-hybridized carbons (Fsp3) is 0.143. The molecule has 0 atom stereocenters. The van der Waals surface area contributed by atoms with Gasteiger partial charge >= 0.3 is 0 Å². The Kier molecular flexibility index (Phi) is 6.83. The minimum atomic E-state index is -0.402. The number of hydrogen-bond donors (Lipinski definition) is 2. The van der Waals surface area contributed by atoms with Crippen LogP contribution in [-0.4, -0.2) is 15.7 Å². The lowest BCUT2D eigenvalue weighted by Crippen LogP contribution is -2.14. The average molecular weight is 523 g/mol. The number of anilines is 1. The topological polar surface area (TPSA) is 91.6 Å². The van der Waals surface area contributed by atoms with Crippen molar-refractivity contribution in [2.24, 2.45) is 10.2 Å². The van der Waals surface area contributed by atoms with Gasteiger partial charge in [-0.25, -0.2) is 4.68 Å². The Morgan fingerprint density at radius 1 is 1.10 bits per heavy atom. The average Bonchev–Trinajstić information content (AvgIpc) is 2.97. The number of rotatable bonds is 5. The molecular weight excluding hydrogens is 505 g/mol. The van der Waals surface area contributed by atoms with Crippen LogP contribution in [0.4, 0.5) is 17.1 Å². The van der Waals surface area contributed by atoms with Gasteiger partial charge in [0.15, 0.2) is 5.69 Å². The van der Waals surface area contributed by atoms with Gasteiger partial charge in [0.05, 0.1) is 26.6 Å². The summed E-state index contributed by atoms with van der Waals surface area (Å²) in [6.45, 7) is 8.90. The molecule has 0 unspecified atom stereocenters. The first-order valence-electron chi connectivity index (χ1n) is 9.04. The highest BCUT2D eigenvalue weighted by molar-refractivity contribution is 9.12. The maximum atomic E-state index is 12.9. The standard InChI is InChI=1S/C21H18BrCl2N5O2/c1-10-8-16(24)18(9-15(10)23)29-21(31)19(13(4)28-29)27-26-17-6-5-14(7-11(17)2)25-20(30)12(3)22/h5-9,28H,3H2,1-2,4H3,(H,25,30). The SMILES string of the molecule is C=C(Br)C(=O)Nc1ccc(N=Nc2c(C)[nH]n(-c3cc(Cl)c(C)cc3Cl)c2=O)c(C)c1. The van der Waals surface area contributed by atoms with Crippen molar-refractivity contribution in [2.45, 2.75) is 20.8 Å². The molecule has 0 aliphatic carbocycles. The van der Waals surface area contributed by atoms with Crippen LogP contribution in [0, 0.1) is 20.8 Å². The van der Waals surface area contributed by atoms with Gasteiger partial charge in [-0.2, -0.15) is 5.11 Å². The number of halogens is 3. The number of azo groups is 1. The predicted molar refractivity (Wildman–Crippen MR) is 128 cm³/mol. The number of benzene rings is 2. The van der Waals surface area contributed by atoms with Crippen LogP contribution in [-0.2, 0) is 4.79 Å². The molecule has 3 rings (SSSR count). The van der Waals surface area contributed by atoms with Crippen LogP contribution in [0.25, 0.3) is 5.69 Å². The molecule has 1 aromatic heterocycles. The maximum Gasteiger partial charge on any atom is 0.299 e. The van der Waals surface area contributed by atoms with Gasteiger partial charge in [-0.15, -0.1) is 5.11 Å². The molecule has 31 heavy (non-hydrogen) atoms. The summed E-state index contributed by atoms with van der Waals surface area (Å²) in [5.74, 6) is -0.341. The number of carbonyl (C=O) groups excluding carboxylic acids is 1. The number of nitrogens with zero attached hydrogens (tertiary/aromatic N) is 3. The molecule has 0 radical (unpaired) electrons. The number of amides is 1. The van der Waals surface area contributed by atoms with E-state index in [0.717, 1.165) is 11.1 Å². The van der Waals surface area contributed by atoms with E-state index in [1.165, 1.54) is 4.68 Å². The Balaban J connectivity index is 1.92. The molecule has 0 aliphatic rings. The molecule has 7 nitrogen and oxygen atoms in total. The first-order valence-corrected chi connectivity index (χ1v) is 10.6. The highest BCUT2D eigenvalue weighted by Gasteiger charge is 2.16. The van der Waals surface area contributed by atoms with Gasteiger partial charge in [0.2, 0.25) is 0 Å². The summed E-state index contributed by atoms with van der Waals surface area (Å²) < 4.78 is 1.51. The highest BCUT2D eigenvalue weighted by Crippen LogP contribution is 2.29. The van der Waals surface area contributed by atoms with Gasteiger partial charge in [0.25, 0.3) is 11.5 Å². The molecule has 3 aromatic rings. The minimum Gasteiger partial charge on any atom is -0.322 e. The number of aryl methyl sites for hydroxylation is 3. The van der Waals surface area contributed by atoms with Gasteiger partial charge in [-0.3, -0.25) is 14.7 Å². The van der Waals surface area contributed by atoms with Gasteiger partial charge in [-0.1, -0.05) is 29.8 Å². The van der Waals surface area contributed by atoms with E-state index in [0.29, 0.717) is 32.8 Å². The lowest BCUT2D eigenvalue weighted by atomic mass is 10.2. The quantitative estimate of drug-likeness (QED) is 0.289. The molecule has 2 N–H and O–H groups in total. The summed E-state index contributed by atoms with van der Waals surface area (Å²) in [4.78, 5) is 24.6. The Morgan fingerprint density at radius 3 is 2.45 bits per heavy atom. The monoisotopic (exact) mass is 521 g/mol. The van der Waals surface area contributed by atoms with E-state index in [2.05, 4.69) is 43.2 Å². The van der Waals surface area contributed by atoms with Crippen molar-refractivity contribution in [3.63, 3.8) is 0 Å². The molecule has 2 aromatic carbocycles. The highest BCUT2D eigenvalue weighted by atomic mass is 79.9. The van der Waals surface area contributed by atoms with E-state index in [1.54, 1.807) is 37.3 Å². The molecular formula is C21H18BrCl2N5O2. The van der Waals surface area contributed by atoms with E-state index in [9.17, 15) is 9.59 Å². The molecule has 1 heterocycles. The molecule has 0 saturated heterocycles. The molecule has 0 aliphatic heterocycles. The smallest absolute Gasteiger partial charge is 0.299 e. The number of aromatic nitrogens is 2. The van der Waals surface area contributed by atoms with Crippen molar-refractivity contribution in [3.05, 3.63) is 78.6 Å². The van der Waals surface area contributed by atoms with Crippen molar-refractivity contribution in [1.29, 1.82) is 0 Å². The second-order valence-corrected chi connectivity index (χ2v) is 8.61. The minimum absolute atomic E-state index is 0.153. The van der Waals surface area contributed by atoms with E-state index >= 15 is 0 Å². The van der Waals surface area contributed by atoms with Crippen LogP contribution in [0.15, 0.2) is 56.4 Å². The fourth-order valence-corrected chi connectivity index (χ4v) is 3.34. The number of hydrogen-bond acceptors (Lipinski definition) is 4. The summed E-state index contributed by atoms with van der Waals surface area (Å²) in [7, 11) is 0. The number of carbonyl (C=O) groups is 1. The van der Waals surface area contributed by atoms with Crippen molar-refractivity contribution < 1.29 is 4.79 Å². The van der Waals surface area contributed by atoms with Crippen LogP contribution in [0.2, 0.25) is 10.0 Å². The normalized spacial score (nSPS) is 11.2. The zero-order valence-electron chi connectivity index (χ0n) is 16.9. The Bertz CT molecular complexity index is 1290. The van der Waals surface area contributed by atoms with Crippen LogP contribution in [0.5, 0.6) is 0 Å². The first kappa shape index (κ1) is 23.0. The molecule has 0 bridgehead atoms. The summed E-state index contributed by atoms with van der Waals surface area (Å²) in [5.41, 5.74) is 3.42. The Labute approximate surface area is 196 Å². The first-order chi connectivity index (χ1) is 14.6. The predicted octanol–water partition coefficient (Wildman–Crippen LogP) is 6.66. The number of nitrogens with one attached hydrogen (secondary N) is 2. The third-order valence-corrected chi connectivity index (χ3v) is 5.54. The molecule has 160 valence electrons. The fourth-order valence-electron chi connectivity index (χ4n) is 2.78. The van der Waals surface area contributed by atoms with Crippen LogP contribution < -0.4 is 10.9 Å². The Hall–Kier alpha value is -2.68. The van der Waals surface area contributed by atoms with Crippen molar-refractivity contribution in [2.75, 3.05) is 5.32 Å². The molecule has 0 spiro atoms. The molecule has 0 saturated carbocycles. The van der Waals surface area contributed by atoms with E-state index < -0.39 is 5.56 Å². The van der Waals surface area contributed by atoms with Crippen molar-refractivity contribution in [1.82, 2.24) is 9.78 Å². The zero-order chi connectivity index (χ0) is 22.9. The number of H-pyrrole nitrogens is 1. The van der Waals surface area contributed by atoms with Gasteiger partial charge in [-0.05, 0) is 78.2 Å².